The molecule has 0 fully saturated rings. The van der Waals surface area contributed by atoms with Gasteiger partial charge in [0.1, 0.15) is 0 Å². The van der Waals surface area contributed by atoms with E-state index in [0.717, 1.165) is 0 Å². The van der Waals surface area contributed by atoms with Crippen LogP contribution in [0, 0.1) is 12.3 Å². The Morgan fingerprint density at radius 2 is 2.38 bits per heavy atom. The second-order valence-corrected chi connectivity index (χ2v) is 2.94. The lowest BCUT2D eigenvalue weighted by Gasteiger charge is -2.15. The maximum absolute atomic E-state index is 11.2. The Morgan fingerprint density at radius 3 is 2.85 bits per heavy atom. The minimum absolute atomic E-state index is 0.0474. The monoisotopic (exact) mass is 184 g/mol. The van der Waals surface area contributed by atoms with Crippen LogP contribution in [-0.2, 0) is 4.79 Å². The van der Waals surface area contributed by atoms with Gasteiger partial charge in [-0.1, -0.05) is 0 Å². The molecule has 0 aliphatic carbocycles. The quantitative estimate of drug-likeness (QED) is 0.491. The van der Waals surface area contributed by atoms with Crippen LogP contribution in [0.2, 0.25) is 0 Å². The van der Waals surface area contributed by atoms with Crippen LogP contribution in [-0.4, -0.2) is 29.7 Å². The molecule has 0 heterocycles. The molecular formula is C9H16N2O2. The standard InChI is InChI=1S/C9H16N2O2/c1-3-4-8(10)9(13)11-7(2)5-6-12/h1,7-8,12H,4-6,10H2,2H3,(H,11,13). The molecule has 2 atom stereocenters. The smallest absolute Gasteiger partial charge is 0.238 e. The van der Waals surface area contributed by atoms with E-state index >= 15 is 0 Å². The summed E-state index contributed by atoms with van der Waals surface area (Å²) < 4.78 is 0. The van der Waals surface area contributed by atoms with Gasteiger partial charge in [-0.2, -0.15) is 0 Å². The highest BCUT2D eigenvalue weighted by molar-refractivity contribution is 5.82. The number of aliphatic hydroxyl groups is 1. The molecule has 2 unspecified atom stereocenters. The number of amides is 1. The zero-order valence-corrected chi connectivity index (χ0v) is 7.79. The molecule has 13 heavy (non-hydrogen) atoms. The summed E-state index contributed by atoms with van der Waals surface area (Å²) in [5.74, 6) is 2.05. The molecule has 4 N–H and O–H groups in total. The van der Waals surface area contributed by atoms with Crippen LogP contribution >= 0.6 is 0 Å². The van der Waals surface area contributed by atoms with Crippen LogP contribution in [0.4, 0.5) is 0 Å². The van der Waals surface area contributed by atoms with Crippen LogP contribution in [0.1, 0.15) is 19.8 Å². The minimum Gasteiger partial charge on any atom is -0.396 e. The van der Waals surface area contributed by atoms with Crippen molar-refractivity contribution < 1.29 is 9.90 Å². The Bertz CT molecular complexity index is 198. The predicted octanol–water partition coefficient (Wildman–Crippen LogP) is -0.776. The normalized spacial score (nSPS) is 14.3. The third kappa shape index (κ3) is 5.23. The van der Waals surface area contributed by atoms with Gasteiger partial charge in [0.2, 0.25) is 5.91 Å². The van der Waals surface area contributed by atoms with E-state index in [1.54, 1.807) is 6.92 Å². The zero-order chi connectivity index (χ0) is 10.3. The number of hydrogen-bond acceptors (Lipinski definition) is 3. The Morgan fingerprint density at radius 1 is 1.77 bits per heavy atom. The fourth-order valence-electron chi connectivity index (χ4n) is 0.835. The molecule has 0 spiro atoms. The summed E-state index contributed by atoms with van der Waals surface area (Å²) in [5.41, 5.74) is 5.46. The van der Waals surface area contributed by atoms with Crippen LogP contribution in [0.25, 0.3) is 0 Å². The van der Waals surface area contributed by atoms with Crippen molar-refractivity contribution in [3.8, 4) is 12.3 Å². The molecule has 0 rings (SSSR count). The second kappa shape index (κ2) is 6.46. The molecule has 0 saturated heterocycles. The second-order valence-electron chi connectivity index (χ2n) is 2.94. The first-order chi connectivity index (χ1) is 6.11. The summed E-state index contributed by atoms with van der Waals surface area (Å²) in [7, 11) is 0. The third-order valence-corrected chi connectivity index (χ3v) is 1.63. The van der Waals surface area contributed by atoms with Crippen LogP contribution in [0.5, 0.6) is 0 Å². The lowest BCUT2D eigenvalue weighted by molar-refractivity contribution is -0.122. The molecule has 0 bridgehead atoms. The van der Waals surface area contributed by atoms with Crippen molar-refractivity contribution >= 4 is 5.91 Å². The van der Waals surface area contributed by atoms with Crippen LogP contribution in [0.15, 0.2) is 0 Å². The van der Waals surface area contributed by atoms with Gasteiger partial charge in [-0.05, 0) is 13.3 Å². The van der Waals surface area contributed by atoms with Crippen molar-refractivity contribution in [1.82, 2.24) is 5.32 Å². The molecule has 0 aromatic rings. The van der Waals surface area contributed by atoms with Crippen molar-refractivity contribution in [3.63, 3.8) is 0 Å². The minimum atomic E-state index is -0.647. The molecule has 74 valence electrons. The van der Waals surface area contributed by atoms with E-state index in [9.17, 15) is 4.79 Å². The molecule has 4 heteroatoms. The first-order valence-corrected chi connectivity index (χ1v) is 4.22. The number of carbonyl (C=O) groups excluding carboxylic acids is 1. The average Bonchev–Trinajstić information content (AvgIpc) is 2.05. The summed E-state index contributed by atoms with van der Waals surface area (Å²) >= 11 is 0. The molecule has 0 saturated carbocycles. The summed E-state index contributed by atoms with van der Waals surface area (Å²) in [6.45, 7) is 1.85. The van der Waals surface area contributed by atoms with Crippen molar-refractivity contribution in [1.29, 1.82) is 0 Å². The van der Waals surface area contributed by atoms with Crippen molar-refractivity contribution in [2.75, 3.05) is 6.61 Å². The number of nitrogens with two attached hydrogens (primary N) is 1. The fourth-order valence-corrected chi connectivity index (χ4v) is 0.835. The Balaban J connectivity index is 3.79. The van der Waals surface area contributed by atoms with Crippen LogP contribution < -0.4 is 11.1 Å². The van der Waals surface area contributed by atoms with E-state index in [1.807, 2.05) is 0 Å². The number of aliphatic hydroxyl groups excluding tert-OH is 1. The summed E-state index contributed by atoms with van der Waals surface area (Å²) in [6, 6.07) is -0.715. The van der Waals surface area contributed by atoms with Gasteiger partial charge < -0.3 is 16.2 Å². The highest BCUT2D eigenvalue weighted by Crippen LogP contribution is 1.92. The van der Waals surface area contributed by atoms with Crippen molar-refractivity contribution in [3.05, 3.63) is 0 Å². The summed E-state index contributed by atoms with van der Waals surface area (Å²) in [5, 5.41) is 11.2. The summed E-state index contributed by atoms with van der Waals surface area (Å²) in [6.07, 6.45) is 5.76. The third-order valence-electron chi connectivity index (χ3n) is 1.63. The number of hydrogen-bond donors (Lipinski definition) is 3. The maximum atomic E-state index is 11.2. The van der Waals surface area contributed by atoms with E-state index < -0.39 is 6.04 Å². The average molecular weight is 184 g/mol. The lowest BCUT2D eigenvalue weighted by atomic mass is 10.2. The summed E-state index contributed by atoms with van der Waals surface area (Å²) in [4.78, 5) is 11.2. The Hall–Kier alpha value is -1.05. The zero-order valence-electron chi connectivity index (χ0n) is 7.79. The van der Waals surface area contributed by atoms with Gasteiger partial charge in [-0.25, -0.2) is 0 Å². The van der Waals surface area contributed by atoms with E-state index in [2.05, 4.69) is 11.2 Å². The highest BCUT2D eigenvalue weighted by atomic mass is 16.3. The Labute approximate surface area is 78.5 Å². The number of terminal acetylenes is 1. The SMILES string of the molecule is C#CCC(N)C(=O)NC(C)CCO. The van der Waals surface area contributed by atoms with Crippen molar-refractivity contribution in [2.45, 2.75) is 31.8 Å². The van der Waals surface area contributed by atoms with Crippen molar-refractivity contribution in [2.24, 2.45) is 5.73 Å². The number of rotatable bonds is 5. The van der Waals surface area contributed by atoms with Gasteiger partial charge in [-0.3, -0.25) is 4.79 Å². The Kier molecular flexibility index (Phi) is 5.94. The van der Waals surface area contributed by atoms with Gasteiger partial charge in [0, 0.05) is 19.1 Å². The molecule has 1 amide bonds. The molecule has 0 aromatic heterocycles. The molecule has 0 radical (unpaired) electrons. The van der Waals surface area contributed by atoms with E-state index in [4.69, 9.17) is 17.3 Å². The van der Waals surface area contributed by atoms with E-state index in [-0.39, 0.29) is 25.0 Å². The number of carbonyl (C=O) groups is 1. The molecule has 0 aromatic carbocycles. The predicted molar refractivity (Wildman–Crippen MR) is 50.7 cm³/mol. The van der Waals surface area contributed by atoms with Gasteiger partial charge in [0.15, 0.2) is 0 Å². The van der Waals surface area contributed by atoms with E-state index in [1.165, 1.54) is 0 Å². The number of nitrogens with one attached hydrogen (secondary N) is 1. The largest absolute Gasteiger partial charge is 0.396 e. The molecular weight excluding hydrogens is 168 g/mol. The topological polar surface area (TPSA) is 75.4 Å². The maximum Gasteiger partial charge on any atom is 0.238 e. The molecule has 4 nitrogen and oxygen atoms in total. The van der Waals surface area contributed by atoms with Gasteiger partial charge in [0.05, 0.1) is 6.04 Å². The fraction of sp³-hybridized carbons (Fsp3) is 0.667. The van der Waals surface area contributed by atoms with Gasteiger partial charge in [-0.15, -0.1) is 12.3 Å². The highest BCUT2D eigenvalue weighted by Gasteiger charge is 2.13. The van der Waals surface area contributed by atoms with Crippen LogP contribution in [0.3, 0.4) is 0 Å². The molecule has 0 aliphatic heterocycles. The van der Waals surface area contributed by atoms with Gasteiger partial charge >= 0.3 is 0 Å². The lowest BCUT2D eigenvalue weighted by Crippen LogP contribution is -2.44. The first kappa shape index (κ1) is 11.9. The molecule has 0 aliphatic rings. The van der Waals surface area contributed by atoms with E-state index in [0.29, 0.717) is 6.42 Å². The first-order valence-electron chi connectivity index (χ1n) is 4.22. The van der Waals surface area contributed by atoms with Gasteiger partial charge in [0.25, 0.3) is 0 Å².